The van der Waals surface area contributed by atoms with Crippen LogP contribution >= 0.6 is 11.3 Å². The molecule has 1 aromatic heterocycles. The molecule has 0 spiro atoms. The monoisotopic (exact) mass is 214 g/mol. The van der Waals surface area contributed by atoms with E-state index in [1.807, 2.05) is 25.9 Å². The summed E-state index contributed by atoms with van der Waals surface area (Å²) < 4.78 is 0. The number of hydrogen-bond acceptors (Lipinski definition) is 4. The zero-order valence-electron chi connectivity index (χ0n) is 8.52. The summed E-state index contributed by atoms with van der Waals surface area (Å²) >= 11 is 1.55. The lowest BCUT2D eigenvalue weighted by Gasteiger charge is -2.21. The van der Waals surface area contributed by atoms with Crippen molar-refractivity contribution in [2.45, 2.75) is 19.4 Å². The van der Waals surface area contributed by atoms with Crippen molar-refractivity contribution < 1.29 is 9.90 Å². The SMILES string of the molecule is Cc1scnc1C(CC(=O)O)N(C)C. The van der Waals surface area contributed by atoms with Crippen molar-refractivity contribution in [3.05, 3.63) is 16.1 Å². The summed E-state index contributed by atoms with van der Waals surface area (Å²) in [5, 5.41) is 8.77. The lowest BCUT2D eigenvalue weighted by molar-refractivity contribution is -0.138. The molecule has 78 valence electrons. The Kier molecular flexibility index (Phi) is 3.60. The molecular weight excluding hydrogens is 200 g/mol. The maximum atomic E-state index is 10.7. The Hall–Kier alpha value is -0.940. The van der Waals surface area contributed by atoms with E-state index in [0.717, 1.165) is 10.6 Å². The van der Waals surface area contributed by atoms with Crippen LogP contribution in [0.2, 0.25) is 0 Å². The molecule has 1 rings (SSSR count). The minimum Gasteiger partial charge on any atom is -0.481 e. The molecule has 0 aliphatic heterocycles. The van der Waals surface area contributed by atoms with Crippen LogP contribution < -0.4 is 0 Å². The standard InChI is InChI=1S/C9H14N2O2S/c1-6-9(10-5-14-6)7(11(2)3)4-8(12)13/h5,7H,4H2,1-3H3,(H,12,13). The van der Waals surface area contributed by atoms with Crippen molar-refractivity contribution in [2.75, 3.05) is 14.1 Å². The molecule has 0 aliphatic rings. The van der Waals surface area contributed by atoms with Gasteiger partial charge in [0.25, 0.3) is 0 Å². The molecule has 1 atom stereocenters. The summed E-state index contributed by atoms with van der Waals surface area (Å²) in [7, 11) is 3.73. The summed E-state index contributed by atoms with van der Waals surface area (Å²) in [4.78, 5) is 17.8. The van der Waals surface area contributed by atoms with Crippen LogP contribution in [0.1, 0.15) is 23.0 Å². The Bertz CT molecular complexity index is 322. The van der Waals surface area contributed by atoms with Crippen molar-refractivity contribution in [1.82, 2.24) is 9.88 Å². The lowest BCUT2D eigenvalue weighted by atomic mass is 10.1. The fourth-order valence-electron chi connectivity index (χ4n) is 1.32. The number of carboxylic acids is 1. The fraction of sp³-hybridized carbons (Fsp3) is 0.556. The van der Waals surface area contributed by atoms with Crippen LogP contribution in [0.4, 0.5) is 0 Å². The predicted molar refractivity (Wildman–Crippen MR) is 55.5 cm³/mol. The highest BCUT2D eigenvalue weighted by atomic mass is 32.1. The maximum absolute atomic E-state index is 10.7. The van der Waals surface area contributed by atoms with E-state index in [9.17, 15) is 4.79 Å². The Morgan fingerprint density at radius 2 is 2.36 bits per heavy atom. The summed E-state index contributed by atoms with van der Waals surface area (Å²) in [5.41, 5.74) is 2.63. The van der Waals surface area contributed by atoms with Crippen LogP contribution in [-0.4, -0.2) is 35.1 Å². The highest BCUT2D eigenvalue weighted by Gasteiger charge is 2.21. The molecule has 1 aromatic rings. The van der Waals surface area contributed by atoms with Crippen molar-refractivity contribution in [3.8, 4) is 0 Å². The van der Waals surface area contributed by atoms with Crippen molar-refractivity contribution in [2.24, 2.45) is 0 Å². The fourth-order valence-corrected chi connectivity index (χ4v) is 1.96. The van der Waals surface area contributed by atoms with Crippen LogP contribution in [0.25, 0.3) is 0 Å². The minimum atomic E-state index is -0.795. The van der Waals surface area contributed by atoms with Crippen LogP contribution in [0.3, 0.4) is 0 Å². The molecule has 5 heteroatoms. The molecule has 0 saturated heterocycles. The third-order valence-electron chi connectivity index (χ3n) is 2.09. The number of carbonyl (C=O) groups is 1. The first-order chi connectivity index (χ1) is 6.52. The van der Waals surface area contributed by atoms with Gasteiger partial charge >= 0.3 is 5.97 Å². The van der Waals surface area contributed by atoms with Crippen molar-refractivity contribution in [1.29, 1.82) is 0 Å². The topological polar surface area (TPSA) is 53.4 Å². The first-order valence-electron chi connectivity index (χ1n) is 4.30. The summed E-state index contributed by atoms with van der Waals surface area (Å²) in [6.07, 6.45) is 0.0948. The zero-order chi connectivity index (χ0) is 10.7. The molecule has 0 aliphatic carbocycles. The van der Waals surface area contributed by atoms with Crippen LogP contribution in [0, 0.1) is 6.92 Å². The second-order valence-electron chi connectivity index (χ2n) is 3.37. The first kappa shape index (κ1) is 11.1. The Balaban J connectivity index is 2.88. The average Bonchev–Trinajstić information content (AvgIpc) is 2.46. The smallest absolute Gasteiger partial charge is 0.305 e. The lowest BCUT2D eigenvalue weighted by Crippen LogP contribution is -2.23. The van der Waals surface area contributed by atoms with E-state index < -0.39 is 5.97 Å². The number of rotatable bonds is 4. The zero-order valence-corrected chi connectivity index (χ0v) is 9.34. The molecule has 4 nitrogen and oxygen atoms in total. The second-order valence-corrected chi connectivity index (χ2v) is 4.43. The van der Waals surface area contributed by atoms with Crippen molar-refractivity contribution in [3.63, 3.8) is 0 Å². The number of hydrogen-bond donors (Lipinski definition) is 1. The minimum absolute atomic E-state index is 0.0948. The second kappa shape index (κ2) is 4.52. The summed E-state index contributed by atoms with van der Waals surface area (Å²) in [6.45, 7) is 1.96. The highest BCUT2D eigenvalue weighted by Crippen LogP contribution is 2.25. The molecule has 0 fully saturated rings. The molecule has 0 saturated carbocycles. The number of thiazole rings is 1. The van der Waals surface area contributed by atoms with E-state index in [4.69, 9.17) is 5.11 Å². The van der Waals surface area contributed by atoms with Gasteiger partial charge in [-0.1, -0.05) is 0 Å². The quantitative estimate of drug-likeness (QED) is 0.825. The predicted octanol–water partition coefficient (Wildman–Crippen LogP) is 1.53. The third kappa shape index (κ3) is 2.52. The van der Waals surface area contributed by atoms with Gasteiger partial charge in [-0.25, -0.2) is 4.98 Å². The van der Waals surface area contributed by atoms with E-state index in [1.54, 1.807) is 16.8 Å². The van der Waals surface area contributed by atoms with Gasteiger partial charge in [0.2, 0.25) is 0 Å². The number of carboxylic acid groups (broad SMARTS) is 1. The first-order valence-corrected chi connectivity index (χ1v) is 5.18. The molecule has 1 N–H and O–H groups in total. The Morgan fingerprint density at radius 1 is 1.71 bits per heavy atom. The molecule has 0 aromatic carbocycles. The number of aryl methyl sites for hydroxylation is 1. The number of aromatic nitrogens is 1. The van der Waals surface area contributed by atoms with Gasteiger partial charge in [-0.05, 0) is 21.0 Å². The van der Waals surface area contributed by atoms with E-state index >= 15 is 0 Å². The van der Waals surface area contributed by atoms with Crippen LogP contribution in [0.15, 0.2) is 5.51 Å². The van der Waals surface area contributed by atoms with Gasteiger partial charge in [0.15, 0.2) is 0 Å². The van der Waals surface area contributed by atoms with Crippen LogP contribution in [0.5, 0.6) is 0 Å². The van der Waals surface area contributed by atoms with Crippen molar-refractivity contribution >= 4 is 17.3 Å². The van der Waals surface area contributed by atoms with Gasteiger partial charge in [-0.3, -0.25) is 4.79 Å². The normalized spacial score (nSPS) is 13.1. The molecule has 14 heavy (non-hydrogen) atoms. The summed E-state index contributed by atoms with van der Waals surface area (Å²) in [6, 6.07) is -0.126. The average molecular weight is 214 g/mol. The molecular formula is C9H14N2O2S. The van der Waals surface area contributed by atoms with Crippen LogP contribution in [-0.2, 0) is 4.79 Å². The molecule has 0 radical (unpaired) electrons. The van der Waals surface area contributed by atoms with Gasteiger partial charge in [0.05, 0.1) is 23.7 Å². The van der Waals surface area contributed by atoms with E-state index in [0.29, 0.717) is 0 Å². The Labute approximate surface area is 87.2 Å². The van der Waals surface area contributed by atoms with E-state index in [-0.39, 0.29) is 12.5 Å². The van der Waals surface area contributed by atoms with Gasteiger partial charge in [-0.15, -0.1) is 11.3 Å². The molecule has 1 unspecified atom stereocenters. The third-order valence-corrected chi connectivity index (χ3v) is 2.86. The molecule has 1 heterocycles. The largest absolute Gasteiger partial charge is 0.481 e. The van der Waals surface area contributed by atoms with Gasteiger partial charge in [0.1, 0.15) is 0 Å². The summed E-state index contributed by atoms with van der Waals surface area (Å²) in [5.74, 6) is -0.795. The molecule has 0 amide bonds. The Morgan fingerprint density at radius 3 is 2.71 bits per heavy atom. The molecule has 0 bridgehead atoms. The highest BCUT2D eigenvalue weighted by molar-refractivity contribution is 7.09. The van der Waals surface area contributed by atoms with Gasteiger partial charge in [0, 0.05) is 4.88 Å². The van der Waals surface area contributed by atoms with E-state index in [2.05, 4.69) is 4.98 Å². The number of nitrogens with zero attached hydrogens (tertiary/aromatic N) is 2. The number of aliphatic carboxylic acids is 1. The van der Waals surface area contributed by atoms with Gasteiger partial charge < -0.3 is 10.0 Å². The maximum Gasteiger partial charge on any atom is 0.305 e. The van der Waals surface area contributed by atoms with Gasteiger partial charge in [-0.2, -0.15) is 0 Å². The van der Waals surface area contributed by atoms with E-state index in [1.165, 1.54) is 0 Å².